The van der Waals surface area contributed by atoms with Gasteiger partial charge in [-0.15, -0.1) is 0 Å². The molecule has 1 aliphatic carbocycles. The van der Waals surface area contributed by atoms with Gasteiger partial charge in [-0.3, -0.25) is 0 Å². The number of aryl methyl sites for hydroxylation is 1. The van der Waals surface area contributed by atoms with Crippen molar-refractivity contribution >= 4 is 17.4 Å². The predicted octanol–water partition coefficient (Wildman–Crippen LogP) is 1.98. The average Bonchev–Trinajstić information content (AvgIpc) is 2.28. The van der Waals surface area contributed by atoms with E-state index in [1.165, 1.54) is 18.4 Å². The molecule has 0 fully saturated rings. The van der Waals surface area contributed by atoms with Crippen molar-refractivity contribution in [3.05, 3.63) is 16.5 Å². The highest BCUT2D eigenvalue weighted by atomic mass is 35.5. The van der Waals surface area contributed by atoms with Crippen LogP contribution in [0.5, 0.6) is 0 Å². The van der Waals surface area contributed by atoms with Crippen LogP contribution >= 0.6 is 11.6 Å². The molecule has 0 radical (unpaired) electrons. The van der Waals surface area contributed by atoms with Crippen molar-refractivity contribution < 1.29 is 0 Å². The van der Waals surface area contributed by atoms with Gasteiger partial charge < -0.3 is 10.2 Å². The molecule has 0 aliphatic heterocycles. The molecule has 4 nitrogen and oxygen atoms in total. The van der Waals surface area contributed by atoms with Crippen molar-refractivity contribution in [2.75, 3.05) is 32.5 Å². The number of likely N-dealkylation sites (N-methyl/N-ethyl adjacent to an activating group) is 1. The summed E-state index contributed by atoms with van der Waals surface area (Å²) in [5.74, 6) is 0.932. The summed E-state index contributed by atoms with van der Waals surface area (Å²) in [4.78, 5) is 10.8. The second kappa shape index (κ2) is 5.65. The molecule has 0 aromatic carbocycles. The Hall–Kier alpha value is -0.870. The number of hydrogen-bond acceptors (Lipinski definition) is 4. The van der Waals surface area contributed by atoms with Crippen LogP contribution in [0.3, 0.4) is 0 Å². The summed E-state index contributed by atoms with van der Waals surface area (Å²) in [7, 11) is 4.12. The lowest BCUT2D eigenvalue weighted by molar-refractivity contribution is 0.425. The third kappa shape index (κ3) is 3.30. The van der Waals surface area contributed by atoms with Gasteiger partial charge in [0, 0.05) is 18.7 Å². The molecule has 1 heterocycles. The first-order chi connectivity index (χ1) is 8.16. The van der Waals surface area contributed by atoms with Gasteiger partial charge in [-0.05, 0) is 51.4 Å². The molecule has 1 aliphatic rings. The summed E-state index contributed by atoms with van der Waals surface area (Å²) in [6, 6.07) is 0. The van der Waals surface area contributed by atoms with Gasteiger partial charge in [0.2, 0.25) is 5.28 Å². The van der Waals surface area contributed by atoms with Gasteiger partial charge >= 0.3 is 0 Å². The number of aromatic nitrogens is 2. The fraction of sp³-hybridized carbons (Fsp3) is 0.667. The monoisotopic (exact) mass is 254 g/mol. The van der Waals surface area contributed by atoms with Crippen molar-refractivity contribution in [3.63, 3.8) is 0 Å². The number of fused-ring (bicyclic) bond motifs is 1. The van der Waals surface area contributed by atoms with E-state index in [0.29, 0.717) is 5.28 Å². The summed E-state index contributed by atoms with van der Waals surface area (Å²) in [5.41, 5.74) is 2.39. The maximum atomic E-state index is 5.95. The lowest BCUT2D eigenvalue weighted by atomic mass is 9.96. The molecule has 1 aromatic heterocycles. The third-order valence-electron chi connectivity index (χ3n) is 3.01. The van der Waals surface area contributed by atoms with Crippen LogP contribution in [0.25, 0.3) is 0 Å². The Morgan fingerprint density at radius 1 is 1.24 bits per heavy atom. The number of anilines is 1. The molecule has 94 valence electrons. The molecule has 17 heavy (non-hydrogen) atoms. The molecular weight excluding hydrogens is 236 g/mol. The van der Waals surface area contributed by atoms with E-state index in [4.69, 9.17) is 11.6 Å². The van der Waals surface area contributed by atoms with Crippen LogP contribution in [0.15, 0.2) is 0 Å². The molecule has 1 N–H and O–H groups in total. The first-order valence-corrected chi connectivity index (χ1v) is 6.48. The van der Waals surface area contributed by atoms with Gasteiger partial charge in [-0.1, -0.05) is 0 Å². The summed E-state index contributed by atoms with van der Waals surface area (Å²) in [6.45, 7) is 1.86. The topological polar surface area (TPSA) is 41.0 Å². The largest absolute Gasteiger partial charge is 0.368 e. The van der Waals surface area contributed by atoms with E-state index in [0.717, 1.165) is 37.4 Å². The van der Waals surface area contributed by atoms with Crippen LogP contribution in [-0.2, 0) is 12.8 Å². The molecule has 0 atom stereocenters. The van der Waals surface area contributed by atoms with Crippen LogP contribution in [0, 0.1) is 0 Å². The lowest BCUT2D eigenvalue weighted by Gasteiger charge is -2.19. The number of nitrogens with one attached hydrogen (secondary N) is 1. The van der Waals surface area contributed by atoms with Crippen molar-refractivity contribution in [3.8, 4) is 0 Å². The molecule has 0 saturated heterocycles. The molecule has 0 unspecified atom stereocenters. The van der Waals surface area contributed by atoms with Crippen LogP contribution in [0.1, 0.15) is 24.1 Å². The molecule has 1 aromatic rings. The summed E-state index contributed by atoms with van der Waals surface area (Å²) in [5, 5.41) is 3.73. The Labute approximate surface area is 107 Å². The highest BCUT2D eigenvalue weighted by Crippen LogP contribution is 2.26. The van der Waals surface area contributed by atoms with Crippen LogP contribution in [-0.4, -0.2) is 42.1 Å². The maximum absolute atomic E-state index is 5.95. The minimum atomic E-state index is 0.359. The summed E-state index contributed by atoms with van der Waals surface area (Å²) in [6.07, 6.45) is 4.52. The Morgan fingerprint density at radius 3 is 2.76 bits per heavy atom. The summed E-state index contributed by atoms with van der Waals surface area (Å²) < 4.78 is 0. The number of hydrogen-bond donors (Lipinski definition) is 1. The average molecular weight is 255 g/mol. The second-order valence-electron chi connectivity index (χ2n) is 4.70. The highest BCUT2D eigenvalue weighted by molar-refractivity contribution is 6.28. The normalized spacial score (nSPS) is 14.8. The predicted molar refractivity (Wildman–Crippen MR) is 70.7 cm³/mol. The number of nitrogens with zero attached hydrogens (tertiary/aromatic N) is 3. The third-order valence-corrected chi connectivity index (χ3v) is 3.18. The zero-order chi connectivity index (χ0) is 12.3. The van der Waals surface area contributed by atoms with E-state index in [1.807, 2.05) is 0 Å². The van der Waals surface area contributed by atoms with Gasteiger partial charge in [-0.25, -0.2) is 9.97 Å². The van der Waals surface area contributed by atoms with E-state index in [9.17, 15) is 0 Å². The smallest absolute Gasteiger partial charge is 0.224 e. The van der Waals surface area contributed by atoms with Crippen LogP contribution < -0.4 is 5.32 Å². The van der Waals surface area contributed by atoms with Gasteiger partial charge in [0.15, 0.2) is 0 Å². The van der Waals surface area contributed by atoms with E-state index < -0.39 is 0 Å². The number of rotatable bonds is 4. The fourth-order valence-corrected chi connectivity index (χ4v) is 2.29. The van der Waals surface area contributed by atoms with Gasteiger partial charge in [0.05, 0.1) is 5.69 Å². The SMILES string of the molecule is CN(C)CCNc1nc(Cl)nc2c1CCCC2. The van der Waals surface area contributed by atoms with Gasteiger partial charge in [0.1, 0.15) is 5.82 Å². The Kier molecular flexibility index (Phi) is 4.18. The zero-order valence-electron chi connectivity index (χ0n) is 10.5. The molecular formula is C12H19ClN4. The van der Waals surface area contributed by atoms with Crippen molar-refractivity contribution in [2.45, 2.75) is 25.7 Å². The lowest BCUT2D eigenvalue weighted by Crippen LogP contribution is -2.22. The Bertz CT molecular complexity index is 392. The van der Waals surface area contributed by atoms with E-state index in [-0.39, 0.29) is 0 Å². The van der Waals surface area contributed by atoms with Crippen molar-refractivity contribution in [2.24, 2.45) is 0 Å². The van der Waals surface area contributed by atoms with E-state index in [1.54, 1.807) is 0 Å². The minimum Gasteiger partial charge on any atom is -0.368 e. The van der Waals surface area contributed by atoms with Crippen LogP contribution in [0.4, 0.5) is 5.82 Å². The molecule has 2 rings (SSSR count). The fourth-order valence-electron chi connectivity index (χ4n) is 2.11. The first-order valence-electron chi connectivity index (χ1n) is 6.10. The van der Waals surface area contributed by atoms with Crippen molar-refractivity contribution in [1.29, 1.82) is 0 Å². The highest BCUT2D eigenvalue weighted by Gasteiger charge is 2.16. The Morgan fingerprint density at radius 2 is 2.00 bits per heavy atom. The minimum absolute atomic E-state index is 0.359. The molecule has 0 amide bonds. The molecule has 5 heteroatoms. The number of halogens is 1. The maximum Gasteiger partial charge on any atom is 0.224 e. The van der Waals surface area contributed by atoms with E-state index in [2.05, 4.69) is 34.3 Å². The van der Waals surface area contributed by atoms with Crippen LogP contribution in [0.2, 0.25) is 5.28 Å². The standard InChI is InChI=1S/C12H19ClN4/c1-17(2)8-7-14-11-9-5-3-4-6-10(9)15-12(13)16-11/h3-8H2,1-2H3,(H,14,15,16). The molecule has 0 bridgehead atoms. The first kappa shape index (κ1) is 12.6. The van der Waals surface area contributed by atoms with Gasteiger partial charge in [-0.2, -0.15) is 0 Å². The molecule has 0 saturated carbocycles. The quantitative estimate of drug-likeness (QED) is 0.835. The Balaban J connectivity index is 2.12. The van der Waals surface area contributed by atoms with E-state index >= 15 is 0 Å². The molecule has 0 spiro atoms. The van der Waals surface area contributed by atoms with Gasteiger partial charge in [0.25, 0.3) is 0 Å². The zero-order valence-corrected chi connectivity index (χ0v) is 11.2. The van der Waals surface area contributed by atoms with Crippen molar-refractivity contribution in [1.82, 2.24) is 14.9 Å². The summed E-state index contributed by atoms with van der Waals surface area (Å²) >= 11 is 5.95. The second-order valence-corrected chi connectivity index (χ2v) is 5.04.